The van der Waals surface area contributed by atoms with E-state index in [2.05, 4.69) is 10.6 Å². The summed E-state index contributed by atoms with van der Waals surface area (Å²) in [6.45, 7) is 0.487. The lowest BCUT2D eigenvalue weighted by molar-refractivity contribution is -0.118. The Hall–Kier alpha value is -2.34. The minimum Gasteiger partial charge on any atom is -0.355 e. The summed E-state index contributed by atoms with van der Waals surface area (Å²) in [5.74, 6) is -0.0702. The van der Waals surface area contributed by atoms with E-state index in [9.17, 15) is 14.0 Å². The highest BCUT2D eigenvalue weighted by atomic mass is 32.2. The van der Waals surface area contributed by atoms with Crippen molar-refractivity contribution in [1.82, 2.24) is 5.32 Å². The molecule has 2 rings (SSSR count). The molecule has 2 aromatic carbocycles. The Bertz CT molecular complexity index is 662. The smallest absolute Gasteiger partial charge is 0.234 e. The van der Waals surface area contributed by atoms with Crippen molar-refractivity contribution in [2.45, 2.75) is 6.42 Å². The van der Waals surface area contributed by atoms with E-state index in [0.717, 1.165) is 11.3 Å². The SMILES string of the molecule is O=C(CSCC(=O)Nc1ccccc1)NCCc1ccc(F)cc1. The number of carbonyl (C=O) groups is 2. The maximum Gasteiger partial charge on any atom is 0.234 e. The standard InChI is InChI=1S/C18H19FN2O2S/c19-15-8-6-14(7-9-15)10-11-20-17(22)12-24-13-18(23)21-16-4-2-1-3-5-16/h1-9H,10-13H2,(H,20,22)(H,21,23). The first-order valence-electron chi connectivity index (χ1n) is 7.57. The average molecular weight is 346 g/mol. The van der Waals surface area contributed by atoms with E-state index in [-0.39, 0.29) is 29.1 Å². The minimum atomic E-state index is -0.270. The highest BCUT2D eigenvalue weighted by Crippen LogP contribution is 2.07. The summed E-state index contributed by atoms with van der Waals surface area (Å²) >= 11 is 1.26. The number of rotatable bonds is 8. The summed E-state index contributed by atoms with van der Waals surface area (Å²) in [4.78, 5) is 23.4. The highest BCUT2D eigenvalue weighted by Gasteiger charge is 2.06. The maximum absolute atomic E-state index is 12.8. The second kappa shape index (κ2) is 9.72. The predicted molar refractivity (Wildman–Crippen MR) is 95.5 cm³/mol. The van der Waals surface area contributed by atoms with E-state index in [1.54, 1.807) is 12.1 Å². The predicted octanol–water partition coefficient (Wildman–Crippen LogP) is 2.86. The van der Waals surface area contributed by atoms with E-state index in [0.29, 0.717) is 13.0 Å². The number of thioether (sulfide) groups is 1. The Labute approximate surface area is 144 Å². The third-order valence-electron chi connectivity index (χ3n) is 3.17. The highest BCUT2D eigenvalue weighted by molar-refractivity contribution is 8.00. The molecule has 126 valence electrons. The van der Waals surface area contributed by atoms with Crippen molar-refractivity contribution in [3.05, 3.63) is 66.0 Å². The third kappa shape index (κ3) is 6.83. The number of nitrogens with one attached hydrogen (secondary N) is 2. The summed E-state index contributed by atoms with van der Waals surface area (Å²) < 4.78 is 12.8. The Morgan fingerprint density at radius 1 is 0.917 bits per heavy atom. The molecule has 2 N–H and O–H groups in total. The van der Waals surface area contributed by atoms with Gasteiger partial charge >= 0.3 is 0 Å². The van der Waals surface area contributed by atoms with Crippen molar-refractivity contribution >= 4 is 29.3 Å². The molecule has 0 aliphatic heterocycles. The van der Waals surface area contributed by atoms with Crippen LogP contribution in [0.2, 0.25) is 0 Å². The van der Waals surface area contributed by atoms with Gasteiger partial charge in [0.25, 0.3) is 0 Å². The lowest BCUT2D eigenvalue weighted by atomic mass is 10.1. The first-order valence-corrected chi connectivity index (χ1v) is 8.73. The largest absolute Gasteiger partial charge is 0.355 e. The van der Waals surface area contributed by atoms with Gasteiger partial charge in [-0.1, -0.05) is 30.3 Å². The number of anilines is 1. The van der Waals surface area contributed by atoms with Crippen LogP contribution in [0, 0.1) is 5.82 Å². The summed E-state index contributed by atoms with van der Waals surface area (Å²) in [7, 11) is 0. The van der Waals surface area contributed by atoms with Crippen LogP contribution in [0.4, 0.5) is 10.1 Å². The quantitative estimate of drug-likeness (QED) is 0.773. The fourth-order valence-electron chi connectivity index (χ4n) is 2.00. The molecule has 0 heterocycles. The van der Waals surface area contributed by atoms with Crippen LogP contribution >= 0.6 is 11.8 Å². The molecule has 0 saturated carbocycles. The van der Waals surface area contributed by atoms with Crippen molar-refractivity contribution < 1.29 is 14.0 Å². The van der Waals surface area contributed by atoms with Gasteiger partial charge in [0, 0.05) is 12.2 Å². The molecule has 0 saturated heterocycles. The Morgan fingerprint density at radius 2 is 1.58 bits per heavy atom. The van der Waals surface area contributed by atoms with E-state index < -0.39 is 0 Å². The molecule has 0 aliphatic carbocycles. The van der Waals surface area contributed by atoms with Crippen LogP contribution in [0.25, 0.3) is 0 Å². The van der Waals surface area contributed by atoms with Gasteiger partial charge in [-0.15, -0.1) is 11.8 Å². The molecule has 4 nitrogen and oxygen atoms in total. The summed E-state index contributed by atoms with van der Waals surface area (Å²) in [6.07, 6.45) is 0.644. The Kier molecular flexibility index (Phi) is 7.29. The van der Waals surface area contributed by atoms with E-state index in [4.69, 9.17) is 0 Å². The molecule has 0 radical (unpaired) electrons. The van der Waals surface area contributed by atoms with Gasteiger partial charge in [0.15, 0.2) is 0 Å². The van der Waals surface area contributed by atoms with Crippen molar-refractivity contribution in [2.75, 3.05) is 23.4 Å². The van der Waals surface area contributed by atoms with E-state index in [1.807, 2.05) is 30.3 Å². The zero-order chi connectivity index (χ0) is 17.2. The number of benzene rings is 2. The zero-order valence-electron chi connectivity index (χ0n) is 13.1. The first-order chi connectivity index (χ1) is 11.6. The van der Waals surface area contributed by atoms with Crippen molar-refractivity contribution in [1.29, 1.82) is 0 Å². The molecule has 0 aliphatic rings. The molecule has 0 fully saturated rings. The van der Waals surface area contributed by atoms with Gasteiger partial charge in [-0.2, -0.15) is 0 Å². The molecule has 2 aromatic rings. The van der Waals surface area contributed by atoms with Gasteiger partial charge in [-0.05, 0) is 36.2 Å². The van der Waals surface area contributed by atoms with Crippen LogP contribution < -0.4 is 10.6 Å². The third-order valence-corrected chi connectivity index (χ3v) is 4.11. The van der Waals surface area contributed by atoms with Crippen molar-refractivity contribution in [3.8, 4) is 0 Å². The summed E-state index contributed by atoms with van der Waals surface area (Å²) in [6, 6.07) is 15.4. The molecule has 0 atom stereocenters. The zero-order valence-corrected chi connectivity index (χ0v) is 13.9. The van der Waals surface area contributed by atoms with Gasteiger partial charge in [-0.25, -0.2) is 4.39 Å². The summed E-state index contributed by atoms with van der Waals surface area (Å²) in [5, 5.41) is 5.55. The Morgan fingerprint density at radius 3 is 2.29 bits per heavy atom. The van der Waals surface area contributed by atoms with E-state index in [1.165, 1.54) is 23.9 Å². The average Bonchev–Trinajstić information content (AvgIpc) is 2.57. The van der Waals surface area contributed by atoms with Crippen LogP contribution in [0.3, 0.4) is 0 Å². The number of carbonyl (C=O) groups excluding carboxylic acids is 2. The Balaban J connectivity index is 1.57. The normalized spacial score (nSPS) is 10.2. The first kappa shape index (κ1) is 18.0. The summed E-state index contributed by atoms with van der Waals surface area (Å²) in [5.41, 5.74) is 1.71. The van der Waals surface area contributed by atoms with Crippen LogP contribution in [0.15, 0.2) is 54.6 Å². The number of para-hydroxylation sites is 1. The van der Waals surface area contributed by atoms with Gasteiger partial charge < -0.3 is 10.6 Å². The second-order valence-electron chi connectivity index (χ2n) is 5.13. The molecule has 0 aromatic heterocycles. The number of hydrogen-bond donors (Lipinski definition) is 2. The van der Waals surface area contributed by atoms with Gasteiger partial charge in [-0.3, -0.25) is 9.59 Å². The van der Waals surface area contributed by atoms with Crippen molar-refractivity contribution in [2.24, 2.45) is 0 Å². The van der Waals surface area contributed by atoms with Gasteiger partial charge in [0.2, 0.25) is 11.8 Å². The van der Waals surface area contributed by atoms with Crippen LogP contribution in [-0.2, 0) is 16.0 Å². The number of hydrogen-bond acceptors (Lipinski definition) is 3. The fourth-order valence-corrected chi connectivity index (χ4v) is 2.65. The molecule has 0 spiro atoms. The number of amides is 2. The van der Waals surface area contributed by atoms with Crippen LogP contribution in [-0.4, -0.2) is 29.9 Å². The molecular weight excluding hydrogens is 327 g/mol. The van der Waals surface area contributed by atoms with Crippen LogP contribution in [0.1, 0.15) is 5.56 Å². The molecule has 0 unspecified atom stereocenters. The molecule has 6 heteroatoms. The molecular formula is C18H19FN2O2S. The fraction of sp³-hybridized carbons (Fsp3) is 0.222. The monoisotopic (exact) mass is 346 g/mol. The molecule has 2 amide bonds. The lowest BCUT2D eigenvalue weighted by Crippen LogP contribution is -2.28. The van der Waals surface area contributed by atoms with Gasteiger partial charge in [0.05, 0.1) is 11.5 Å². The van der Waals surface area contributed by atoms with Crippen molar-refractivity contribution in [3.63, 3.8) is 0 Å². The molecule has 24 heavy (non-hydrogen) atoms. The maximum atomic E-state index is 12.8. The molecule has 0 bridgehead atoms. The van der Waals surface area contributed by atoms with Gasteiger partial charge in [0.1, 0.15) is 5.82 Å². The topological polar surface area (TPSA) is 58.2 Å². The van der Waals surface area contributed by atoms with Crippen LogP contribution in [0.5, 0.6) is 0 Å². The number of halogens is 1. The second-order valence-corrected chi connectivity index (χ2v) is 6.12. The minimum absolute atomic E-state index is 0.116. The van der Waals surface area contributed by atoms with E-state index >= 15 is 0 Å². The lowest BCUT2D eigenvalue weighted by Gasteiger charge is -2.06.